The van der Waals surface area contributed by atoms with Crippen LogP contribution in [0.3, 0.4) is 0 Å². The van der Waals surface area contributed by atoms with Crippen LogP contribution < -0.4 is 10.6 Å². The molecule has 1 saturated carbocycles. The molecule has 1 atom stereocenters. The van der Waals surface area contributed by atoms with Crippen molar-refractivity contribution in [3.05, 3.63) is 0 Å². The molecule has 0 bridgehead atoms. The maximum atomic E-state index is 12.1. The van der Waals surface area contributed by atoms with Crippen LogP contribution in [0.15, 0.2) is 0 Å². The van der Waals surface area contributed by atoms with E-state index in [2.05, 4.69) is 10.6 Å². The molecular weight excluding hydrogens is 322 g/mol. The third-order valence-electron chi connectivity index (χ3n) is 5.15. The first kappa shape index (κ1) is 19.5. The maximum Gasteiger partial charge on any atom is 0.326 e. The van der Waals surface area contributed by atoms with Crippen LogP contribution in [0.2, 0.25) is 0 Å². The Morgan fingerprint density at radius 3 is 2.44 bits per heavy atom. The first-order chi connectivity index (χ1) is 12.1. The highest BCUT2D eigenvalue weighted by atomic mass is 16.4. The van der Waals surface area contributed by atoms with Gasteiger partial charge in [0.05, 0.1) is 0 Å². The second-order valence-corrected chi connectivity index (χ2v) is 7.13. The van der Waals surface area contributed by atoms with Crippen molar-refractivity contribution < 1.29 is 19.5 Å². The number of rotatable bonds is 8. The van der Waals surface area contributed by atoms with Crippen molar-refractivity contribution in [1.82, 2.24) is 15.5 Å². The minimum absolute atomic E-state index is 0.0621. The largest absolute Gasteiger partial charge is 0.480 e. The Morgan fingerprint density at radius 2 is 1.72 bits per heavy atom. The summed E-state index contributed by atoms with van der Waals surface area (Å²) in [6.07, 6.45) is 9.91. The van der Waals surface area contributed by atoms with Crippen molar-refractivity contribution in [2.24, 2.45) is 0 Å². The van der Waals surface area contributed by atoms with Gasteiger partial charge < -0.3 is 20.6 Å². The van der Waals surface area contributed by atoms with Crippen LogP contribution >= 0.6 is 0 Å². The smallest absolute Gasteiger partial charge is 0.326 e. The van der Waals surface area contributed by atoms with Crippen LogP contribution in [0.5, 0.6) is 0 Å². The number of unbranched alkanes of at least 4 members (excludes halogenated alkanes) is 2. The summed E-state index contributed by atoms with van der Waals surface area (Å²) in [6.45, 7) is 1.16. The van der Waals surface area contributed by atoms with E-state index in [0.717, 1.165) is 38.5 Å². The molecule has 1 aliphatic carbocycles. The second-order valence-electron chi connectivity index (χ2n) is 7.13. The highest BCUT2D eigenvalue weighted by Gasteiger charge is 2.33. The van der Waals surface area contributed by atoms with Crippen LogP contribution in [-0.4, -0.2) is 53.1 Å². The summed E-state index contributed by atoms with van der Waals surface area (Å²) in [5.74, 6) is -0.966. The summed E-state index contributed by atoms with van der Waals surface area (Å²) >= 11 is 0. The first-order valence-electron chi connectivity index (χ1n) is 9.64. The van der Waals surface area contributed by atoms with Gasteiger partial charge in [-0.1, -0.05) is 25.7 Å². The van der Waals surface area contributed by atoms with E-state index in [4.69, 9.17) is 5.11 Å². The van der Waals surface area contributed by atoms with Gasteiger partial charge in [0, 0.05) is 25.6 Å². The lowest BCUT2D eigenvalue weighted by Gasteiger charge is -2.22. The number of amides is 3. The average Bonchev–Trinajstić information content (AvgIpc) is 3.09. The molecule has 2 rings (SSSR count). The molecule has 0 aromatic rings. The van der Waals surface area contributed by atoms with Crippen molar-refractivity contribution in [1.29, 1.82) is 0 Å². The maximum absolute atomic E-state index is 12.1. The SMILES string of the molecule is O=C(NCCCCCC(=O)N1CCC[C@H]1C(=O)O)NC1CCCCC1. The standard InChI is InChI=1S/C18H31N3O4/c22-16(21-13-7-10-15(21)17(23)24)11-5-2-6-12-19-18(25)20-14-8-3-1-4-9-14/h14-15H,1-13H2,(H,23,24)(H2,19,20,25)/t15-/m0/s1. The summed E-state index contributed by atoms with van der Waals surface area (Å²) in [5.41, 5.74) is 0. The molecular formula is C18H31N3O4. The van der Waals surface area contributed by atoms with Gasteiger partial charge in [0.1, 0.15) is 6.04 Å². The Hall–Kier alpha value is -1.79. The zero-order valence-electron chi connectivity index (χ0n) is 15.0. The van der Waals surface area contributed by atoms with Gasteiger partial charge in [-0.15, -0.1) is 0 Å². The minimum atomic E-state index is -0.904. The third-order valence-corrected chi connectivity index (χ3v) is 5.15. The number of urea groups is 1. The normalized spacial score (nSPS) is 21.1. The van der Waals surface area contributed by atoms with Crippen molar-refractivity contribution in [2.75, 3.05) is 13.1 Å². The first-order valence-corrected chi connectivity index (χ1v) is 9.64. The number of likely N-dealkylation sites (tertiary alicyclic amines) is 1. The summed E-state index contributed by atoms with van der Waals surface area (Å²) in [4.78, 5) is 36.5. The third kappa shape index (κ3) is 6.55. The number of hydrogen-bond acceptors (Lipinski definition) is 3. The van der Waals surface area contributed by atoms with Crippen LogP contribution in [0.1, 0.15) is 70.6 Å². The van der Waals surface area contributed by atoms with Crippen molar-refractivity contribution in [3.8, 4) is 0 Å². The Morgan fingerprint density at radius 1 is 0.960 bits per heavy atom. The van der Waals surface area contributed by atoms with Crippen LogP contribution in [-0.2, 0) is 9.59 Å². The topological polar surface area (TPSA) is 98.7 Å². The van der Waals surface area contributed by atoms with E-state index in [1.807, 2.05) is 0 Å². The second kappa shape index (κ2) is 10.3. The lowest BCUT2D eigenvalue weighted by molar-refractivity contribution is -0.148. The van der Waals surface area contributed by atoms with E-state index in [1.54, 1.807) is 0 Å². The Kier molecular flexibility index (Phi) is 8.01. The number of nitrogens with one attached hydrogen (secondary N) is 2. The molecule has 3 N–H and O–H groups in total. The molecule has 1 aliphatic heterocycles. The Bertz CT molecular complexity index is 463. The fourth-order valence-corrected chi connectivity index (χ4v) is 3.73. The van der Waals surface area contributed by atoms with Gasteiger partial charge in [0.25, 0.3) is 0 Å². The monoisotopic (exact) mass is 353 g/mol. The number of nitrogens with zero attached hydrogens (tertiary/aromatic N) is 1. The Balaban J connectivity index is 1.50. The quantitative estimate of drug-likeness (QED) is 0.583. The molecule has 0 radical (unpaired) electrons. The number of carbonyl (C=O) groups excluding carboxylic acids is 2. The molecule has 7 heteroatoms. The van der Waals surface area contributed by atoms with Gasteiger partial charge in [-0.25, -0.2) is 9.59 Å². The van der Waals surface area contributed by atoms with E-state index in [1.165, 1.54) is 24.2 Å². The average molecular weight is 353 g/mol. The lowest BCUT2D eigenvalue weighted by atomic mass is 9.96. The zero-order valence-corrected chi connectivity index (χ0v) is 15.0. The number of carbonyl (C=O) groups is 3. The molecule has 142 valence electrons. The molecule has 0 unspecified atom stereocenters. The summed E-state index contributed by atoms with van der Waals surface area (Å²) in [6, 6.07) is -0.420. The fraction of sp³-hybridized carbons (Fsp3) is 0.833. The minimum Gasteiger partial charge on any atom is -0.480 e. The summed E-state index contributed by atoms with van der Waals surface area (Å²) in [5, 5.41) is 15.0. The molecule has 3 amide bonds. The number of hydrogen-bond donors (Lipinski definition) is 3. The van der Waals surface area contributed by atoms with Crippen LogP contribution in [0.4, 0.5) is 4.79 Å². The fourth-order valence-electron chi connectivity index (χ4n) is 3.73. The lowest BCUT2D eigenvalue weighted by Crippen LogP contribution is -2.43. The molecule has 0 spiro atoms. The van der Waals surface area contributed by atoms with Crippen molar-refractivity contribution in [3.63, 3.8) is 0 Å². The van der Waals surface area contributed by atoms with Gasteiger partial charge in [-0.05, 0) is 38.5 Å². The molecule has 2 aliphatic rings. The van der Waals surface area contributed by atoms with Gasteiger partial charge in [0.15, 0.2) is 0 Å². The number of carboxylic acid groups (broad SMARTS) is 1. The predicted molar refractivity (Wildman–Crippen MR) is 94.2 cm³/mol. The number of carboxylic acids is 1. The van der Waals surface area contributed by atoms with E-state index in [0.29, 0.717) is 32.0 Å². The molecule has 7 nitrogen and oxygen atoms in total. The molecule has 0 aromatic heterocycles. The van der Waals surface area contributed by atoms with Gasteiger partial charge >= 0.3 is 12.0 Å². The highest BCUT2D eigenvalue weighted by molar-refractivity contribution is 5.84. The van der Waals surface area contributed by atoms with E-state index in [9.17, 15) is 14.4 Å². The molecule has 25 heavy (non-hydrogen) atoms. The molecule has 1 saturated heterocycles. The van der Waals surface area contributed by atoms with Gasteiger partial charge in [-0.3, -0.25) is 4.79 Å². The van der Waals surface area contributed by atoms with Gasteiger partial charge in [0.2, 0.25) is 5.91 Å². The van der Waals surface area contributed by atoms with Crippen molar-refractivity contribution >= 4 is 17.9 Å². The van der Waals surface area contributed by atoms with Crippen LogP contribution in [0, 0.1) is 0 Å². The van der Waals surface area contributed by atoms with E-state index < -0.39 is 12.0 Å². The van der Waals surface area contributed by atoms with Gasteiger partial charge in [-0.2, -0.15) is 0 Å². The molecule has 0 aromatic carbocycles. The number of aliphatic carboxylic acids is 1. The Labute approximate surface area is 149 Å². The van der Waals surface area contributed by atoms with Crippen molar-refractivity contribution in [2.45, 2.75) is 82.7 Å². The highest BCUT2D eigenvalue weighted by Crippen LogP contribution is 2.19. The van der Waals surface area contributed by atoms with E-state index in [-0.39, 0.29) is 11.9 Å². The summed E-state index contributed by atoms with van der Waals surface area (Å²) < 4.78 is 0. The molecule has 1 heterocycles. The zero-order chi connectivity index (χ0) is 18.1. The van der Waals surface area contributed by atoms with Crippen LogP contribution in [0.25, 0.3) is 0 Å². The summed E-state index contributed by atoms with van der Waals surface area (Å²) in [7, 11) is 0. The molecule has 2 fully saturated rings. The van der Waals surface area contributed by atoms with E-state index >= 15 is 0 Å². The predicted octanol–water partition coefficient (Wildman–Crippen LogP) is 2.25.